The second kappa shape index (κ2) is 8.97. The molecular formula is C8H14AgO3. The summed E-state index contributed by atoms with van der Waals surface area (Å²) in [4.78, 5) is 21.1. The summed E-state index contributed by atoms with van der Waals surface area (Å²) < 4.78 is 4.73. The first kappa shape index (κ1) is 14.4. The van der Waals surface area contributed by atoms with Gasteiger partial charge in [0.2, 0.25) is 0 Å². The summed E-state index contributed by atoms with van der Waals surface area (Å²) >= 11 is 0. The maximum Gasteiger partial charge on any atom is 0.313 e. The Balaban J connectivity index is 0. The van der Waals surface area contributed by atoms with Gasteiger partial charge in [-0.15, -0.1) is 0 Å². The monoisotopic (exact) mass is 265 g/mol. The molecule has 0 aliphatic rings. The zero-order valence-electron chi connectivity index (χ0n) is 7.35. The minimum absolute atomic E-state index is 0. The van der Waals surface area contributed by atoms with Gasteiger partial charge in [0.1, 0.15) is 12.2 Å². The molecule has 3 nitrogen and oxygen atoms in total. The van der Waals surface area contributed by atoms with Crippen LogP contribution in [0.4, 0.5) is 0 Å². The molecule has 0 fully saturated rings. The van der Waals surface area contributed by atoms with Gasteiger partial charge in [-0.05, 0) is 13.3 Å². The number of rotatable bonds is 5. The van der Waals surface area contributed by atoms with Crippen molar-refractivity contribution in [2.75, 3.05) is 6.61 Å². The minimum Gasteiger partial charge on any atom is -0.465 e. The largest absolute Gasteiger partial charge is 0.465 e. The smallest absolute Gasteiger partial charge is 0.313 e. The van der Waals surface area contributed by atoms with E-state index in [0.717, 1.165) is 12.8 Å². The topological polar surface area (TPSA) is 43.4 Å². The van der Waals surface area contributed by atoms with Crippen LogP contribution in [0.15, 0.2) is 0 Å². The SMILES string of the molecule is CCCCOC(=O)CC(C)=O.[Ag]. The maximum absolute atomic E-state index is 10.7. The predicted molar refractivity (Wildman–Crippen MR) is 41.2 cm³/mol. The molecule has 0 aromatic rings. The van der Waals surface area contributed by atoms with Crippen LogP contribution in [0.3, 0.4) is 0 Å². The molecule has 0 spiro atoms. The average Bonchev–Trinajstić information content (AvgIpc) is 1.86. The first-order valence-corrected chi connectivity index (χ1v) is 3.82. The summed E-state index contributed by atoms with van der Waals surface area (Å²) in [6.07, 6.45) is 1.76. The van der Waals surface area contributed by atoms with Crippen molar-refractivity contribution in [3.63, 3.8) is 0 Å². The summed E-state index contributed by atoms with van der Waals surface area (Å²) in [6.45, 7) is 3.82. The molecule has 0 aliphatic carbocycles. The van der Waals surface area contributed by atoms with Crippen molar-refractivity contribution in [2.24, 2.45) is 0 Å². The number of ketones is 1. The number of esters is 1. The maximum atomic E-state index is 10.7. The zero-order valence-corrected chi connectivity index (χ0v) is 8.84. The third-order valence-electron chi connectivity index (χ3n) is 1.15. The van der Waals surface area contributed by atoms with Gasteiger partial charge in [0.15, 0.2) is 0 Å². The molecule has 4 heteroatoms. The summed E-state index contributed by atoms with van der Waals surface area (Å²) in [5, 5.41) is 0. The molecule has 0 saturated heterocycles. The third kappa shape index (κ3) is 9.88. The number of hydrogen-bond donors (Lipinski definition) is 0. The van der Waals surface area contributed by atoms with Gasteiger partial charge in [-0.25, -0.2) is 0 Å². The zero-order chi connectivity index (χ0) is 8.69. The third-order valence-corrected chi connectivity index (χ3v) is 1.15. The van der Waals surface area contributed by atoms with E-state index in [-0.39, 0.29) is 34.6 Å². The molecule has 0 heterocycles. The number of Topliss-reactive ketones (excluding diaryl/α,β-unsaturated/α-hetero) is 1. The fraction of sp³-hybridized carbons (Fsp3) is 0.750. The second-order valence-corrected chi connectivity index (χ2v) is 2.45. The molecule has 0 aromatic carbocycles. The Labute approximate surface area is 88.4 Å². The van der Waals surface area contributed by atoms with Gasteiger partial charge < -0.3 is 4.74 Å². The Hall–Kier alpha value is -0.120. The minimum atomic E-state index is -0.411. The van der Waals surface area contributed by atoms with E-state index in [4.69, 9.17) is 4.74 Å². The first-order valence-electron chi connectivity index (χ1n) is 3.82. The first-order chi connectivity index (χ1) is 5.16. The van der Waals surface area contributed by atoms with Crippen LogP contribution in [0.2, 0.25) is 0 Å². The number of carbonyl (C=O) groups is 2. The van der Waals surface area contributed by atoms with E-state index >= 15 is 0 Å². The van der Waals surface area contributed by atoms with E-state index in [2.05, 4.69) is 0 Å². The van der Waals surface area contributed by atoms with E-state index in [1.54, 1.807) is 0 Å². The van der Waals surface area contributed by atoms with Crippen LogP contribution in [0.5, 0.6) is 0 Å². The Morgan fingerprint density at radius 3 is 2.33 bits per heavy atom. The fourth-order valence-electron chi connectivity index (χ4n) is 0.585. The van der Waals surface area contributed by atoms with Gasteiger partial charge in [0, 0.05) is 22.4 Å². The number of hydrogen-bond acceptors (Lipinski definition) is 3. The molecule has 0 bridgehead atoms. The van der Waals surface area contributed by atoms with Gasteiger partial charge in [-0.3, -0.25) is 9.59 Å². The van der Waals surface area contributed by atoms with Crippen LogP contribution in [0, 0.1) is 0 Å². The predicted octanol–water partition coefficient (Wildman–Crippen LogP) is 1.31. The number of carbonyl (C=O) groups excluding carboxylic acids is 2. The summed E-state index contributed by atoms with van der Waals surface area (Å²) in [5.41, 5.74) is 0. The van der Waals surface area contributed by atoms with Crippen molar-refractivity contribution in [1.82, 2.24) is 0 Å². The Kier molecular flexibility index (Phi) is 10.8. The molecule has 0 aromatic heterocycles. The van der Waals surface area contributed by atoms with Crippen molar-refractivity contribution < 1.29 is 36.7 Å². The molecule has 0 saturated carbocycles. The van der Waals surface area contributed by atoms with Crippen molar-refractivity contribution in [3.05, 3.63) is 0 Å². The van der Waals surface area contributed by atoms with Gasteiger partial charge in [-0.1, -0.05) is 13.3 Å². The van der Waals surface area contributed by atoms with Gasteiger partial charge in [-0.2, -0.15) is 0 Å². The van der Waals surface area contributed by atoms with E-state index in [1.165, 1.54) is 6.92 Å². The molecule has 0 atom stereocenters. The fourth-order valence-corrected chi connectivity index (χ4v) is 0.585. The molecule has 75 valence electrons. The van der Waals surface area contributed by atoms with Crippen LogP contribution >= 0.6 is 0 Å². The van der Waals surface area contributed by atoms with E-state index in [1.807, 2.05) is 6.92 Å². The van der Waals surface area contributed by atoms with Gasteiger partial charge in [0.25, 0.3) is 0 Å². The Bertz CT molecular complexity index is 145. The molecule has 12 heavy (non-hydrogen) atoms. The van der Waals surface area contributed by atoms with Crippen LogP contribution in [0.1, 0.15) is 33.1 Å². The van der Waals surface area contributed by atoms with Crippen LogP contribution in [-0.4, -0.2) is 18.4 Å². The molecule has 0 amide bonds. The van der Waals surface area contributed by atoms with E-state index < -0.39 is 5.97 Å². The van der Waals surface area contributed by atoms with E-state index in [0.29, 0.717) is 6.61 Å². The molecule has 0 N–H and O–H groups in total. The van der Waals surface area contributed by atoms with Crippen LogP contribution in [0.25, 0.3) is 0 Å². The quantitative estimate of drug-likeness (QED) is 0.326. The molecule has 0 aliphatic heterocycles. The van der Waals surface area contributed by atoms with Crippen LogP contribution < -0.4 is 0 Å². The molecule has 1 radical (unpaired) electrons. The normalized spacial score (nSPS) is 8.50. The Morgan fingerprint density at radius 1 is 1.33 bits per heavy atom. The van der Waals surface area contributed by atoms with Gasteiger partial charge >= 0.3 is 5.97 Å². The summed E-state index contributed by atoms with van der Waals surface area (Å²) in [7, 11) is 0. The molecule has 0 rings (SSSR count). The molecular weight excluding hydrogens is 252 g/mol. The standard InChI is InChI=1S/C8H14O3.Ag/c1-3-4-5-11-8(10)6-7(2)9;/h3-6H2,1-2H3;. The van der Waals surface area contributed by atoms with Gasteiger partial charge in [0.05, 0.1) is 6.61 Å². The van der Waals surface area contributed by atoms with Crippen LogP contribution in [-0.2, 0) is 36.7 Å². The van der Waals surface area contributed by atoms with Crippen molar-refractivity contribution >= 4 is 11.8 Å². The number of unbranched alkanes of at least 4 members (excludes halogenated alkanes) is 1. The number of ether oxygens (including phenoxy) is 1. The summed E-state index contributed by atoms with van der Waals surface area (Å²) in [5.74, 6) is -0.558. The van der Waals surface area contributed by atoms with Crippen molar-refractivity contribution in [1.29, 1.82) is 0 Å². The van der Waals surface area contributed by atoms with E-state index in [9.17, 15) is 9.59 Å². The Morgan fingerprint density at radius 2 is 1.92 bits per heavy atom. The molecule has 0 unspecified atom stereocenters. The van der Waals surface area contributed by atoms with Crippen molar-refractivity contribution in [3.8, 4) is 0 Å². The van der Waals surface area contributed by atoms with Crippen molar-refractivity contribution in [2.45, 2.75) is 33.1 Å². The average molecular weight is 266 g/mol. The summed E-state index contributed by atoms with van der Waals surface area (Å²) in [6, 6.07) is 0. The second-order valence-electron chi connectivity index (χ2n) is 2.45.